The number of piperidine rings is 1. The fourth-order valence-electron chi connectivity index (χ4n) is 4.79. The molecule has 1 aromatic heterocycles. The van der Waals surface area contributed by atoms with Crippen molar-refractivity contribution in [2.45, 2.75) is 45.7 Å². The predicted molar refractivity (Wildman–Crippen MR) is 130 cm³/mol. The number of hydrogen-bond donors (Lipinski definition) is 1. The van der Waals surface area contributed by atoms with Crippen molar-refractivity contribution in [1.29, 1.82) is 0 Å². The number of hydrogen-bond acceptors (Lipinski definition) is 5. The summed E-state index contributed by atoms with van der Waals surface area (Å²) in [5, 5.41) is 3.11. The molecule has 176 valence electrons. The molecule has 0 saturated carbocycles. The maximum Gasteiger partial charge on any atom is 0.254 e. The number of benzene rings is 1. The van der Waals surface area contributed by atoms with Crippen molar-refractivity contribution < 1.29 is 9.59 Å². The van der Waals surface area contributed by atoms with Gasteiger partial charge in [-0.2, -0.15) is 0 Å². The summed E-state index contributed by atoms with van der Waals surface area (Å²) in [6.07, 6.45) is 6.28. The number of amides is 2. The number of nitrogens with one attached hydrogen (secondary N) is 1. The van der Waals surface area contributed by atoms with Crippen LogP contribution in [0.4, 0.5) is 5.69 Å². The number of pyridine rings is 1. The van der Waals surface area contributed by atoms with E-state index < -0.39 is 0 Å². The van der Waals surface area contributed by atoms with Crippen LogP contribution >= 0.6 is 0 Å². The van der Waals surface area contributed by atoms with Crippen LogP contribution in [-0.2, 0) is 24.3 Å². The molecule has 7 heteroatoms. The lowest BCUT2D eigenvalue weighted by Gasteiger charge is -2.31. The van der Waals surface area contributed by atoms with Gasteiger partial charge in [0.25, 0.3) is 5.91 Å². The van der Waals surface area contributed by atoms with Crippen molar-refractivity contribution in [3.05, 3.63) is 58.4 Å². The Bertz CT molecular complexity index is 1010. The summed E-state index contributed by atoms with van der Waals surface area (Å²) in [6.45, 7) is 6.19. The van der Waals surface area contributed by atoms with E-state index in [0.29, 0.717) is 31.7 Å². The third-order valence-corrected chi connectivity index (χ3v) is 6.77. The van der Waals surface area contributed by atoms with E-state index in [1.165, 1.54) is 24.8 Å². The lowest BCUT2D eigenvalue weighted by molar-refractivity contribution is -0.122. The van der Waals surface area contributed by atoms with Crippen LogP contribution in [0.25, 0.3) is 0 Å². The maximum absolute atomic E-state index is 13.2. The molecule has 2 aliphatic heterocycles. The first-order valence-corrected chi connectivity index (χ1v) is 11.9. The lowest BCUT2D eigenvalue weighted by atomic mass is 9.94. The molecular weight excluding hydrogens is 414 g/mol. The van der Waals surface area contributed by atoms with Crippen molar-refractivity contribution in [3.8, 4) is 0 Å². The molecule has 0 aliphatic carbocycles. The van der Waals surface area contributed by atoms with Crippen molar-refractivity contribution in [2.75, 3.05) is 45.2 Å². The lowest BCUT2D eigenvalue weighted by Crippen LogP contribution is -2.40. The molecule has 2 aromatic rings. The first-order valence-electron chi connectivity index (χ1n) is 11.9. The van der Waals surface area contributed by atoms with Gasteiger partial charge in [-0.25, -0.2) is 0 Å². The van der Waals surface area contributed by atoms with Crippen LogP contribution < -0.4 is 10.2 Å². The van der Waals surface area contributed by atoms with Gasteiger partial charge in [0.15, 0.2) is 0 Å². The Labute approximate surface area is 196 Å². The van der Waals surface area contributed by atoms with Gasteiger partial charge in [0.1, 0.15) is 0 Å². The summed E-state index contributed by atoms with van der Waals surface area (Å²) in [5.41, 5.74) is 6.07. The SMILES string of the molecule is Cc1ncc2c(c1CNC(=O)CN1CCCCC1)CCN(C(=O)c1cccc(N(C)C)c1)C2. The van der Waals surface area contributed by atoms with Crippen LogP contribution in [0.15, 0.2) is 30.5 Å². The molecule has 1 fully saturated rings. The highest BCUT2D eigenvalue weighted by Gasteiger charge is 2.25. The monoisotopic (exact) mass is 449 g/mol. The Balaban J connectivity index is 1.42. The summed E-state index contributed by atoms with van der Waals surface area (Å²) < 4.78 is 0. The van der Waals surface area contributed by atoms with Gasteiger partial charge in [-0.3, -0.25) is 19.5 Å². The van der Waals surface area contributed by atoms with Crippen LogP contribution in [0.5, 0.6) is 0 Å². The second kappa shape index (κ2) is 10.3. The van der Waals surface area contributed by atoms with Crippen LogP contribution in [0.1, 0.15) is 52.0 Å². The Morgan fingerprint density at radius 2 is 1.91 bits per heavy atom. The summed E-state index contributed by atoms with van der Waals surface area (Å²) in [6, 6.07) is 7.74. The molecule has 3 heterocycles. The number of carbonyl (C=O) groups excluding carboxylic acids is 2. The average Bonchev–Trinajstić information content (AvgIpc) is 2.83. The molecule has 2 aliphatic rings. The summed E-state index contributed by atoms with van der Waals surface area (Å²) >= 11 is 0. The number of aryl methyl sites for hydroxylation is 1. The number of anilines is 1. The molecule has 0 radical (unpaired) electrons. The van der Waals surface area contributed by atoms with Crippen molar-refractivity contribution in [1.82, 2.24) is 20.1 Å². The number of carbonyl (C=O) groups is 2. The van der Waals surface area contributed by atoms with Gasteiger partial charge in [0.2, 0.25) is 5.91 Å². The van der Waals surface area contributed by atoms with Gasteiger partial charge >= 0.3 is 0 Å². The smallest absolute Gasteiger partial charge is 0.254 e. The first-order chi connectivity index (χ1) is 15.9. The van der Waals surface area contributed by atoms with Gasteiger partial charge in [-0.05, 0) is 74.2 Å². The first kappa shape index (κ1) is 23.2. The third kappa shape index (κ3) is 5.53. The molecule has 0 spiro atoms. The fourth-order valence-corrected chi connectivity index (χ4v) is 4.79. The summed E-state index contributed by atoms with van der Waals surface area (Å²) in [4.78, 5) is 36.4. The molecule has 1 saturated heterocycles. The Hall–Kier alpha value is -2.93. The molecule has 0 bridgehead atoms. The van der Waals surface area contributed by atoms with Crippen LogP contribution in [0.3, 0.4) is 0 Å². The zero-order valence-corrected chi connectivity index (χ0v) is 20.1. The largest absolute Gasteiger partial charge is 0.378 e. The zero-order valence-electron chi connectivity index (χ0n) is 20.1. The second-order valence-electron chi connectivity index (χ2n) is 9.36. The Morgan fingerprint density at radius 1 is 1.12 bits per heavy atom. The van der Waals surface area contributed by atoms with Gasteiger partial charge in [-0.1, -0.05) is 12.5 Å². The Morgan fingerprint density at radius 3 is 2.67 bits per heavy atom. The van der Waals surface area contributed by atoms with E-state index in [0.717, 1.165) is 42.0 Å². The molecule has 0 unspecified atom stereocenters. The predicted octanol–water partition coefficient (Wildman–Crippen LogP) is 2.76. The number of likely N-dealkylation sites (tertiary alicyclic amines) is 1. The topological polar surface area (TPSA) is 68.8 Å². The van der Waals surface area contributed by atoms with E-state index in [9.17, 15) is 9.59 Å². The molecule has 0 atom stereocenters. The summed E-state index contributed by atoms with van der Waals surface area (Å²) in [5.74, 6) is 0.114. The maximum atomic E-state index is 13.2. The zero-order chi connectivity index (χ0) is 23.4. The van der Waals surface area contributed by atoms with E-state index >= 15 is 0 Å². The Kier molecular flexibility index (Phi) is 7.28. The highest BCUT2D eigenvalue weighted by Crippen LogP contribution is 2.25. The third-order valence-electron chi connectivity index (χ3n) is 6.77. The number of nitrogens with zero attached hydrogens (tertiary/aromatic N) is 4. The van der Waals surface area contributed by atoms with Crippen LogP contribution in [0, 0.1) is 6.92 Å². The molecule has 2 amide bonds. The number of rotatable bonds is 6. The van der Waals surface area contributed by atoms with Gasteiger partial charge < -0.3 is 15.1 Å². The molecule has 33 heavy (non-hydrogen) atoms. The highest BCUT2D eigenvalue weighted by atomic mass is 16.2. The van der Waals surface area contributed by atoms with E-state index in [4.69, 9.17) is 0 Å². The summed E-state index contributed by atoms with van der Waals surface area (Å²) in [7, 11) is 3.95. The minimum atomic E-state index is 0.0429. The van der Waals surface area contributed by atoms with Gasteiger partial charge in [-0.15, -0.1) is 0 Å². The van der Waals surface area contributed by atoms with Crippen molar-refractivity contribution >= 4 is 17.5 Å². The minimum Gasteiger partial charge on any atom is -0.378 e. The van der Waals surface area contributed by atoms with Crippen molar-refractivity contribution in [2.24, 2.45) is 0 Å². The van der Waals surface area contributed by atoms with Crippen LogP contribution in [0.2, 0.25) is 0 Å². The van der Waals surface area contributed by atoms with E-state index in [1.54, 1.807) is 0 Å². The van der Waals surface area contributed by atoms with E-state index in [2.05, 4.69) is 15.2 Å². The van der Waals surface area contributed by atoms with E-state index in [1.807, 2.05) is 61.3 Å². The minimum absolute atomic E-state index is 0.0429. The van der Waals surface area contributed by atoms with Gasteiger partial charge in [0.05, 0.1) is 6.54 Å². The van der Waals surface area contributed by atoms with E-state index in [-0.39, 0.29) is 11.8 Å². The van der Waals surface area contributed by atoms with Gasteiger partial charge in [0, 0.05) is 56.9 Å². The second-order valence-corrected chi connectivity index (χ2v) is 9.36. The normalized spacial score (nSPS) is 16.3. The molecule has 4 rings (SSSR count). The highest BCUT2D eigenvalue weighted by molar-refractivity contribution is 5.95. The van der Waals surface area contributed by atoms with Crippen molar-refractivity contribution in [3.63, 3.8) is 0 Å². The molecule has 1 N–H and O–H groups in total. The molecule has 7 nitrogen and oxygen atoms in total. The standard InChI is InChI=1S/C26H35N5O2/c1-19-24(16-28-25(32)18-30-11-5-4-6-12-30)23-10-13-31(17-21(23)15-27-19)26(33)20-8-7-9-22(14-20)29(2)3/h7-9,14-15H,4-6,10-13,16-18H2,1-3H3,(H,28,32). The number of fused-ring (bicyclic) bond motifs is 1. The molecular formula is C26H35N5O2. The fraction of sp³-hybridized carbons (Fsp3) is 0.500. The number of aromatic nitrogens is 1. The average molecular weight is 450 g/mol. The molecule has 1 aromatic carbocycles. The quantitative estimate of drug-likeness (QED) is 0.735. The van der Waals surface area contributed by atoms with Crippen LogP contribution in [-0.4, -0.2) is 66.9 Å².